The molecule has 0 radical (unpaired) electrons. The summed E-state index contributed by atoms with van der Waals surface area (Å²) >= 11 is 0. The van der Waals surface area contributed by atoms with Crippen molar-refractivity contribution in [3.8, 4) is 23.0 Å². The maximum Gasteiger partial charge on any atom is 0.169 e. The Kier molecular flexibility index (Phi) is 6.85. The van der Waals surface area contributed by atoms with Crippen molar-refractivity contribution in [2.45, 2.75) is 6.10 Å². The number of fused-ring (bicyclic) bond motifs is 2. The number of nitrogens with one attached hydrogen (secondary N) is 1. The smallest absolute Gasteiger partial charge is 0.169 e. The summed E-state index contributed by atoms with van der Waals surface area (Å²) in [5, 5.41) is 5.56. The molecule has 4 rings (SSSR count). The third-order valence-corrected chi connectivity index (χ3v) is 4.53. The fourth-order valence-electron chi connectivity index (χ4n) is 3.18. The Morgan fingerprint density at radius 2 is 1.79 bits per heavy atom. The molecule has 1 aliphatic heterocycles. The normalized spacial score (nSPS) is 15.0. The van der Waals surface area contributed by atoms with E-state index in [4.69, 9.17) is 18.9 Å². The van der Waals surface area contributed by atoms with E-state index < -0.39 is 0 Å². The Morgan fingerprint density at radius 3 is 2.64 bits per heavy atom. The van der Waals surface area contributed by atoms with Gasteiger partial charge in [-0.3, -0.25) is 0 Å². The minimum atomic E-state index is -0.00742. The molecular weight excluding hydrogens is 378 g/mol. The van der Waals surface area contributed by atoms with Crippen molar-refractivity contribution in [2.75, 3.05) is 33.4 Å². The Balaban J connectivity index is 0.00000225. The number of benzene rings is 3. The van der Waals surface area contributed by atoms with Crippen LogP contribution >= 0.6 is 12.4 Å². The first-order valence-corrected chi connectivity index (χ1v) is 9.13. The molecule has 3 aromatic carbocycles. The van der Waals surface area contributed by atoms with E-state index in [1.807, 2.05) is 54.6 Å². The van der Waals surface area contributed by atoms with Gasteiger partial charge in [0.15, 0.2) is 23.0 Å². The fraction of sp³-hybridized carbons (Fsp3) is 0.273. The van der Waals surface area contributed by atoms with Gasteiger partial charge in [-0.1, -0.05) is 42.5 Å². The zero-order valence-corrected chi connectivity index (χ0v) is 16.5. The summed E-state index contributed by atoms with van der Waals surface area (Å²) in [6.07, 6.45) is -0.00742. The van der Waals surface area contributed by atoms with Gasteiger partial charge < -0.3 is 24.3 Å². The average Bonchev–Trinajstić information content (AvgIpc) is 2.73. The van der Waals surface area contributed by atoms with Crippen molar-refractivity contribution in [1.29, 1.82) is 0 Å². The standard InChI is InChI=1S/C22H23NO4.ClH/c1-24-21-11-10-16-6-2-3-7-18(16)22(21)25-13-12-23-14-17-15-26-19-8-4-5-9-20(19)27-17;/h2-11,17,23H,12-15H2,1H3;1H/t17-;/m1./s1. The van der Waals surface area contributed by atoms with Gasteiger partial charge in [-0.2, -0.15) is 0 Å². The monoisotopic (exact) mass is 401 g/mol. The van der Waals surface area contributed by atoms with E-state index in [-0.39, 0.29) is 18.5 Å². The topological polar surface area (TPSA) is 49.0 Å². The molecule has 1 atom stereocenters. The van der Waals surface area contributed by atoms with Crippen molar-refractivity contribution in [3.05, 3.63) is 60.7 Å². The zero-order valence-electron chi connectivity index (χ0n) is 15.7. The second kappa shape index (κ2) is 9.53. The van der Waals surface area contributed by atoms with E-state index in [0.717, 1.165) is 33.8 Å². The molecule has 28 heavy (non-hydrogen) atoms. The molecule has 1 heterocycles. The van der Waals surface area contributed by atoms with Crippen LogP contribution in [0.2, 0.25) is 0 Å². The lowest BCUT2D eigenvalue weighted by molar-refractivity contribution is 0.0897. The Labute approximate surface area is 171 Å². The van der Waals surface area contributed by atoms with Crippen LogP contribution in [0.15, 0.2) is 60.7 Å². The lowest BCUT2D eigenvalue weighted by Gasteiger charge is -2.26. The Bertz CT molecular complexity index is 918. The number of rotatable bonds is 7. The summed E-state index contributed by atoms with van der Waals surface area (Å²) in [4.78, 5) is 0. The second-order valence-corrected chi connectivity index (χ2v) is 6.37. The van der Waals surface area contributed by atoms with Crippen LogP contribution in [0.25, 0.3) is 10.8 Å². The molecule has 1 aliphatic rings. The van der Waals surface area contributed by atoms with Crippen LogP contribution in [-0.2, 0) is 0 Å². The van der Waals surface area contributed by atoms with Crippen molar-refractivity contribution in [3.63, 3.8) is 0 Å². The summed E-state index contributed by atoms with van der Waals surface area (Å²) in [6.45, 7) is 2.48. The second-order valence-electron chi connectivity index (χ2n) is 6.37. The number of methoxy groups -OCH3 is 1. The van der Waals surface area contributed by atoms with Gasteiger partial charge in [0.1, 0.15) is 19.3 Å². The van der Waals surface area contributed by atoms with Gasteiger partial charge in [-0.05, 0) is 23.6 Å². The Morgan fingerprint density at radius 1 is 1.00 bits per heavy atom. The van der Waals surface area contributed by atoms with Gasteiger partial charge in [0.2, 0.25) is 0 Å². The average molecular weight is 402 g/mol. The molecule has 0 bridgehead atoms. The summed E-state index contributed by atoms with van der Waals surface area (Å²) in [5.74, 6) is 3.13. The molecule has 0 unspecified atom stereocenters. The number of hydrogen-bond acceptors (Lipinski definition) is 5. The molecule has 1 N–H and O–H groups in total. The summed E-state index contributed by atoms with van der Waals surface area (Å²) in [7, 11) is 1.66. The SMILES string of the molecule is COc1ccc2ccccc2c1OCCNC[C@@H]1COc2ccccc2O1.Cl. The molecular formula is C22H24ClNO4. The van der Waals surface area contributed by atoms with E-state index in [0.29, 0.717) is 26.3 Å². The van der Waals surface area contributed by atoms with E-state index >= 15 is 0 Å². The first-order valence-electron chi connectivity index (χ1n) is 9.13. The summed E-state index contributed by atoms with van der Waals surface area (Å²) < 4.78 is 23.2. The molecule has 6 heteroatoms. The summed E-state index contributed by atoms with van der Waals surface area (Å²) in [5.41, 5.74) is 0. The van der Waals surface area contributed by atoms with Crippen LogP contribution in [-0.4, -0.2) is 39.5 Å². The van der Waals surface area contributed by atoms with Crippen molar-refractivity contribution in [2.24, 2.45) is 0 Å². The fourth-order valence-corrected chi connectivity index (χ4v) is 3.18. The third-order valence-electron chi connectivity index (χ3n) is 4.53. The first-order chi connectivity index (χ1) is 13.3. The van der Waals surface area contributed by atoms with Gasteiger partial charge in [0.05, 0.1) is 7.11 Å². The zero-order chi connectivity index (χ0) is 18.5. The highest BCUT2D eigenvalue weighted by Crippen LogP contribution is 2.35. The van der Waals surface area contributed by atoms with Crippen molar-refractivity contribution >= 4 is 23.2 Å². The van der Waals surface area contributed by atoms with E-state index in [1.54, 1.807) is 7.11 Å². The van der Waals surface area contributed by atoms with Gasteiger partial charge in [-0.15, -0.1) is 12.4 Å². The molecule has 5 nitrogen and oxygen atoms in total. The van der Waals surface area contributed by atoms with E-state index in [9.17, 15) is 0 Å². The molecule has 0 aromatic heterocycles. The van der Waals surface area contributed by atoms with Gasteiger partial charge in [-0.25, -0.2) is 0 Å². The van der Waals surface area contributed by atoms with E-state index in [2.05, 4.69) is 11.4 Å². The molecule has 0 aliphatic carbocycles. The molecule has 148 valence electrons. The highest BCUT2D eigenvalue weighted by Gasteiger charge is 2.20. The maximum absolute atomic E-state index is 6.03. The molecule has 0 fully saturated rings. The lowest BCUT2D eigenvalue weighted by atomic mass is 10.1. The van der Waals surface area contributed by atoms with Gasteiger partial charge in [0, 0.05) is 18.5 Å². The molecule has 3 aromatic rings. The predicted molar refractivity (Wildman–Crippen MR) is 112 cm³/mol. The van der Waals surface area contributed by atoms with Crippen LogP contribution in [0.4, 0.5) is 0 Å². The van der Waals surface area contributed by atoms with E-state index in [1.165, 1.54) is 0 Å². The molecule has 0 amide bonds. The van der Waals surface area contributed by atoms with Crippen molar-refractivity contribution < 1.29 is 18.9 Å². The lowest BCUT2D eigenvalue weighted by Crippen LogP contribution is -2.39. The minimum absolute atomic E-state index is 0. The van der Waals surface area contributed by atoms with Crippen LogP contribution in [0.1, 0.15) is 0 Å². The predicted octanol–water partition coefficient (Wildman–Crippen LogP) is 4.08. The Hall–Kier alpha value is -2.63. The maximum atomic E-state index is 6.03. The number of hydrogen-bond donors (Lipinski definition) is 1. The number of halogens is 1. The highest BCUT2D eigenvalue weighted by atomic mass is 35.5. The third kappa shape index (κ3) is 4.43. The van der Waals surface area contributed by atoms with Crippen LogP contribution in [0.5, 0.6) is 23.0 Å². The number of ether oxygens (including phenoxy) is 4. The van der Waals surface area contributed by atoms with Gasteiger partial charge >= 0.3 is 0 Å². The highest BCUT2D eigenvalue weighted by molar-refractivity contribution is 5.90. The van der Waals surface area contributed by atoms with Crippen LogP contribution in [0, 0.1) is 0 Å². The van der Waals surface area contributed by atoms with Crippen LogP contribution in [0.3, 0.4) is 0 Å². The van der Waals surface area contributed by atoms with Crippen molar-refractivity contribution in [1.82, 2.24) is 5.32 Å². The quantitative estimate of drug-likeness (QED) is 0.604. The largest absolute Gasteiger partial charge is 0.493 e. The van der Waals surface area contributed by atoms with Crippen LogP contribution < -0.4 is 24.3 Å². The molecule has 0 spiro atoms. The number of para-hydroxylation sites is 2. The summed E-state index contributed by atoms with van der Waals surface area (Å²) in [6, 6.07) is 19.9. The van der Waals surface area contributed by atoms with Gasteiger partial charge in [0.25, 0.3) is 0 Å². The molecule has 0 saturated heterocycles. The minimum Gasteiger partial charge on any atom is -0.493 e. The first kappa shape index (κ1) is 20.1. The molecule has 0 saturated carbocycles.